The predicted octanol–water partition coefficient (Wildman–Crippen LogP) is 3.33. The molecular weight excluding hydrogens is 434 g/mol. The predicted molar refractivity (Wildman–Crippen MR) is 132 cm³/mol. The number of pyridine rings is 2. The highest BCUT2D eigenvalue weighted by Crippen LogP contribution is 2.28. The van der Waals surface area contributed by atoms with Crippen LogP contribution in [0, 0.1) is 0 Å². The third-order valence-electron chi connectivity index (χ3n) is 6.21. The van der Waals surface area contributed by atoms with Crippen LogP contribution >= 0.6 is 0 Å². The van der Waals surface area contributed by atoms with Gasteiger partial charge in [-0.05, 0) is 61.3 Å². The molecule has 0 saturated carbocycles. The molecule has 1 saturated heterocycles. The van der Waals surface area contributed by atoms with E-state index in [1.54, 1.807) is 12.3 Å². The number of nitrogens with two attached hydrogens (primary N) is 1. The van der Waals surface area contributed by atoms with Gasteiger partial charge in [-0.25, -0.2) is 18.4 Å². The molecule has 1 fully saturated rings. The molecule has 1 aliphatic rings. The fraction of sp³-hybridized carbons (Fsp3) is 0.280. The Hall–Kier alpha value is -3.23. The van der Waals surface area contributed by atoms with Crippen molar-refractivity contribution >= 4 is 26.7 Å². The minimum Gasteiger partial charge on any atom is -0.384 e. The number of hydrogen-bond donors (Lipinski definition) is 1. The molecule has 2 N–H and O–H groups in total. The van der Waals surface area contributed by atoms with Crippen LogP contribution in [0.25, 0.3) is 28.0 Å². The third kappa shape index (κ3) is 4.77. The van der Waals surface area contributed by atoms with Gasteiger partial charge in [-0.2, -0.15) is 0 Å². The Morgan fingerprint density at radius 1 is 0.970 bits per heavy atom. The topological polar surface area (TPSA) is 94.1 Å². The van der Waals surface area contributed by atoms with Gasteiger partial charge in [0.1, 0.15) is 11.5 Å². The molecule has 8 heteroatoms. The van der Waals surface area contributed by atoms with Crippen LogP contribution < -0.4 is 5.73 Å². The second-order valence-electron chi connectivity index (χ2n) is 8.50. The molecule has 0 spiro atoms. The van der Waals surface area contributed by atoms with E-state index < -0.39 is 9.84 Å². The molecule has 5 rings (SSSR count). The molecule has 0 atom stereocenters. The molecular formula is C25H27N5O2S. The van der Waals surface area contributed by atoms with Crippen molar-refractivity contribution in [2.24, 2.45) is 0 Å². The lowest BCUT2D eigenvalue weighted by Crippen LogP contribution is -2.40. The summed E-state index contributed by atoms with van der Waals surface area (Å²) in [4.78, 5) is 11.4. The van der Waals surface area contributed by atoms with E-state index in [2.05, 4.69) is 38.8 Å². The number of benzene rings is 1. The van der Waals surface area contributed by atoms with Gasteiger partial charge in [0.15, 0.2) is 9.84 Å². The Labute approximate surface area is 193 Å². The van der Waals surface area contributed by atoms with Crippen LogP contribution in [-0.2, 0) is 16.3 Å². The van der Waals surface area contributed by atoms with Gasteiger partial charge in [0, 0.05) is 42.1 Å². The van der Waals surface area contributed by atoms with Crippen molar-refractivity contribution < 1.29 is 8.42 Å². The Morgan fingerprint density at radius 3 is 2.48 bits per heavy atom. The molecule has 0 aliphatic carbocycles. The maximum Gasteiger partial charge on any atom is 0.152 e. The monoisotopic (exact) mass is 461 g/mol. The zero-order valence-electron chi connectivity index (χ0n) is 18.4. The van der Waals surface area contributed by atoms with Gasteiger partial charge in [0.2, 0.25) is 0 Å². The van der Waals surface area contributed by atoms with E-state index in [4.69, 9.17) is 10.7 Å². The molecule has 4 aromatic rings. The van der Waals surface area contributed by atoms with Crippen LogP contribution in [0.4, 0.5) is 5.82 Å². The van der Waals surface area contributed by atoms with E-state index >= 15 is 0 Å². The Kier molecular flexibility index (Phi) is 5.86. The molecule has 0 bridgehead atoms. The van der Waals surface area contributed by atoms with Crippen molar-refractivity contribution in [1.29, 1.82) is 0 Å². The van der Waals surface area contributed by atoms with Gasteiger partial charge in [0.25, 0.3) is 0 Å². The van der Waals surface area contributed by atoms with Gasteiger partial charge in [-0.3, -0.25) is 0 Å². The van der Waals surface area contributed by atoms with Gasteiger partial charge >= 0.3 is 0 Å². The van der Waals surface area contributed by atoms with E-state index in [1.165, 1.54) is 5.56 Å². The van der Waals surface area contributed by atoms with Crippen LogP contribution in [0.5, 0.6) is 0 Å². The normalized spacial score (nSPS) is 16.2. The SMILES string of the molecule is Nc1ccc(-c2ccc3c(CCCN4CCS(=O)(=O)CC4)cn(-c4ccccc4)c3n2)cn1. The highest BCUT2D eigenvalue weighted by molar-refractivity contribution is 7.91. The molecule has 0 amide bonds. The van der Waals surface area contributed by atoms with Gasteiger partial charge in [0.05, 0.1) is 17.2 Å². The number of nitrogens with zero attached hydrogens (tertiary/aromatic N) is 4. The van der Waals surface area contributed by atoms with E-state index in [1.807, 2.05) is 30.3 Å². The number of aromatic nitrogens is 3. The first-order valence-electron chi connectivity index (χ1n) is 11.2. The van der Waals surface area contributed by atoms with Crippen molar-refractivity contribution in [2.45, 2.75) is 12.8 Å². The van der Waals surface area contributed by atoms with E-state index in [0.29, 0.717) is 18.9 Å². The minimum atomic E-state index is -2.84. The van der Waals surface area contributed by atoms with Crippen LogP contribution in [0.1, 0.15) is 12.0 Å². The van der Waals surface area contributed by atoms with E-state index in [0.717, 1.165) is 47.4 Å². The Bertz CT molecular complexity index is 1350. The molecule has 3 aromatic heterocycles. The van der Waals surface area contributed by atoms with Crippen LogP contribution in [-0.4, -0.2) is 59.0 Å². The number of fused-ring (bicyclic) bond motifs is 1. The molecule has 7 nitrogen and oxygen atoms in total. The van der Waals surface area contributed by atoms with Crippen molar-refractivity contribution in [3.8, 4) is 16.9 Å². The summed E-state index contributed by atoms with van der Waals surface area (Å²) in [7, 11) is -2.84. The maximum atomic E-state index is 11.7. The zero-order valence-corrected chi connectivity index (χ0v) is 19.2. The summed E-state index contributed by atoms with van der Waals surface area (Å²) in [5.74, 6) is 1.03. The summed E-state index contributed by atoms with van der Waals surface area (Å²) in [6.07, 6.45) is 5.80. The average molecular weight is 462 g/mol. The number of para-hydroxylation sites is 1. The molecule has 170 valence electrons. The van der Waals surface area contributed by atoms with Crippen molar-refractivity contribution in [3.05, 3.63) is 72.6 Å². The number of nitrogen functional groups attached to an aromatic ring is 1. The van der Waals surface area contributed by atoms with Gasteiger partial charge in [-0.15, -0.1) is 0 Å². The minimum absolute atomic E-state index is 0.271. The molecule has 4 heterocycles. The van der Waals surface area contributed by atoms with E-state index in [9.17, 15) is 8.42 Å². The molecule has 0 radical (unpaired) electrons. The number of anilines is 1. The number of hydrogen-bond acceptors (Lipinski definition) is 6. The van der Waals surface area contributed by atoms with E-state index in [-0.39, 0.29) is 11.5 Å². The standard InChI is InChI=1S/C25H27N5O2S/c26-24-11-8-19(17-27-24)23-10-9-22-20(5-4-12-29-13-15-33(31,32)16-14-29)18-30(25(22)28-23)21-6-2-1-3-7-21/h1-3,6-11,17-18H,4-5,12-16H2,(H2,26,27). The summed E-state index contributed by atoms with van der Waals surface area (Å²) < 4.78 is 25.5. The molecule has 0 unspecified atom stereocenters. The highest BCUT2D eigenvalue weighted by Gasteiger charge is 2.21. The van der Waals surface area contributed by atoms with Gasteiger partial charge in [-0.1, -0.05) is 18.2 Å². The van der Waals surface area contributed by atoms with Crippen LogP contribution in [0.2, 0.25) is 0 Å². The first-order valence-corrected chi connectivity index (χ1v) is 13.0. The first-order chi connectivity index (χ1) is 16.0. The summed E-state index contributed by atoms with van der Waals surface area (Å²) in [6.45, 7) is 2.17. The largest absolute Gasteiger partial charge is 0.384 e. The quantitative estimate of drug-likeness (QED) is 0.473. The Morgan fingerprint density at radius 2 is 1.76 bits per heavy atom. The second-order valence-corrected chi connectivity index (χ2v) is 10.8. The number of sulfone groups is 1. The molecule has 1 aliphatic heterocycles. The second kappa shape index (κ2) is 8.96. The summed E-state index contributed by atoms with van der Waals surface area (Å²) in [5, 5.41) is 1.13. The average Bonchev–Trinajstić information content (AvgIpc) is 3.19. The maximum absolute atomic E-state index is 11.7. The van der Waals surface area contributed by atoms with Gasteiger partial charge < -0.3 is 15.2 Å². The lowest BCUT2D eigenvalue weighted by molar-refractivity contribution is 0.292. The fourth-order valence-electron chi connectivity index (χ4n) is 4.34. The summed E-state index contributed by atoms with van der Waals surface area (Å²) in [6, 6.07) is 18.1. The third-order valence-corrected chi connectivity index (χ3v) is 7.82. The lowest BCUT2D eigenvalue weighted by atomic mass is 10.1. The fourth-order valence-corrected chi connectivity index (χ4v) is 5.62. The van der Waals surface area contributed by atoms with Crippen molar-refractivity contribution in [2.75, 3.05) is 36.9 Å². The van der Waals surface area contributed by atoms with Crippen LogP contribution in [0.15, 0.2) is 67.0 Å². The lowest BCUT2D eigenvalue weighted by Gasteiger charge is -2.26. The zero-order chi connectivity index (χ0) is 22.8. The van der Waals surface area contributed by atoms with Crippen LogP contribution in [0.3, 0.4) is 0 Å². The number of aryl methyl sites for hydroxylation is 1. The van der Waals surface area contributed by atoms with Crippen molar-refractivity contribution in [1.82, 2.24) is 19.4 Å². The number of rotatable bonds is 6. The molecule has 1 aromatic carbocycles. The Balaban J connectivity index is 1.43. The van der Waals surface area contributed by atoms with Crippen molar-refractivity contribution in [3.63, 3.8) is 0 Å². The molecule has 33 heavy (non-hydrogen) atoms. The summed E-state index contributed by atoms with van der Waals surface area (Å²) >= 11 is 0. The first kappa shape index (κ1) is 21.6. The smallest absolute Gasteiger partial charge is 0.152 e. The summed E-state index contributed by atoms with van der Waals surface area (Å²) in [5.41, 5.74) is 10.7. The highest BCUT2D eigenvalue weighted by atomic mass is 32.2.